The molecule has 1 fully saturated rings. The van der Waals surface area contributed by atoms with Crippen molar-refractivity contribution in [1.29, 1.82) is 5.26 Å². The summed E-state index contributed by atoms with van der Waals surface area (Å²) < 4.78 is 6.14. The number of carbonyl (C=O) groups excluding carboxylic acids is 1. The molecule has 2 aromatic rings. The summed E-state index contributed by atoms with van der Waals surface area (Å²) in [4.78, 5) is 24.4. The van der Waals surface area contributed by atoms with Gasteiger partial charge in [0.25, 0.3) is 5.91 Å². The van der Waals surface area contributed by atoms with Crippen LogP contribution in [0, 0.1) is 16.7 Å². The Labute approximate surface area is 230 Å². The zero-order chi connectivity index (χ0) is 29.0. The van der Waals surface area contributed by atoms with Gasteiger partial charge in [0, 0.05) is 17.1 Å². The van der Waals surface area contributed by atoms with E-state index in [1.54, 1.807) is 26.0 Å². The van der Waals surface area contributed by atoms with Gasteiger partial charge in [0.05, 0.1) is 41.5 Å². The molecule has 4 atom stereocenters. The van der Waals surface area contributed by atoms with E-state index in [-0.39, 0.29) is 52.9 Å². The fourth-order valence-electron chi connectivity index (χ4n) is 5.94. The molecule has 3 heterocycles. The highest BCUT2D eigenvalue weighted by molar-refractivity contribution is 6.32. The maximum atomic E-state index is 13.0. The van der Waals surface area contributed by atoms with Crippen LogP contribution in [0.4, 0.5) is 5.69 Å². The van der Waals surface area contributed by atoms with Gasteiger partial charge in [-0.3, -0.25) is 9.78 Å². The molecule has 0 bridgehead atoms. The van der Waals surface area contributed by atoms with Crippen molar-refractivity contribution >= 4 is 32.9 Å². The predicted molar refractivity (Wildman–Crippen MR) is 146 cm³/mol. The number of pyridine rings is 1. The van der Waals surface area contributed by atoms with Gasteiger partial charge in [-0.15, -0.1) is 0 Å². The van der Waals surface area contributed by atoms with Crippen molar-refractivity contribution in [2.75, 3.05) is 11.9 Å². The van der Waals surface area contributed by atoms with E-state index in [1.165, 1.54) is 6.20 Å². The number of aliphatic hydroxyl groups excluding tert-OH is 2. The number of carbonyl (C=O) groups is 1. The van der Waals surface area contributed by atoms with E-state index in [9.17, 15) is 20.1 Å². The molecule has 1 aliphatic heterocycles. The lowest BCUT2D eigenvalue weighted by Gasteiger charge is -2.47. The molecule has 4 rings (SSSR count). The standard InChI is InChI=1S/C27H33B2N5O5/c1-24(2)12-27(29,38)18(19(28)21(24)36)20-17(34-23(37)22-31-11-15(10-30)32-22)7-6-16(33-20)14-8-25(3,4)39-26(5,9-14)13-35/h6-7,11,14,21,35-36,38H,8-9,12-13H2,1-5H3,(H,31,32)(H,34,37). The molecule has 2 aromatic heterocycles. The molecule has 202 valence electrons. The number of imidazole rings is 1. The fourth-order valence-corrected chi connectivity index (χ4v) is 5.94. The van der Waals surface area contributed by atoms with Crippen LogP contribution < -0.4 is 5.32 Å². The van der Waals surface area contributed by atoms with Crippen molar-refractivity contribution < 1.29 is 24.9 Å². The van der Waals surface area contributed by atoms with Crippen molar-refractivity contribution in [2.45, 2.75) is 82.6 Å². The minimum Gasteiger partial charge on any atom is -0.395 e. The first-order valence-corrected chi connectivity index (χ1v) is 12.8. The zero-order valence-electron chi connectivity index (χ0n) is 22.9. The number of hydrogen-bond donors (Lipinski definition) is 5. The topological polar surface area (TPSA) is 164 Å². The zero-order valence-corrected chi connectivity index (χ0v) is 22.9. The van der Waals surface area contributed by atoms with Crippen molar-refractivity contribution in [3.05, 3.63) is 46.7 Å². The summed E-state index contributed by atoms with van der Waals surface area (Å²) in [5, 5.41) is 44.2. The molecule has 1 saturated heterocycles. The first kappa shape index (κ1) is 29.0. The van der Waals surface area contributed by atoms with Crippen LogP contribution in [-0.2, 0) is 4.74 Å². The number of aliphatic hydroxyl groups is 3. The first-order chi connectivity index (χ1) is 18.0. The fraction of sp³-hybridized carbons (Fsp3) is 0.556. The van der Waals surface area contributed by atoms with Gasteiger partial charge in [-0.05, 0) is 63.2 Å². The molecular formula is C27H33B2N5O5. The Kier molecular flexibility index (Phi) is 7.36. The quantitative estimate of drug-likeness (QED) is 0.367. The monoisotopic (exact) mass is 529 g/mol. The number of amides is 1. The van der Waals surface area contributed by atoms with Gasteiger partial charge in [0.1, 0.15) is 27.5 Å². The van der Waals surface area contributed by atoms with Gasteiger partial charge >= 0.3 is 0 Å². The van der Waals surface area contributed by atoms with Crippen molar-refractivity contribution in [3.63, 3.8) is 0 Å². The number of anilines is 1. The van der Waals surface area contributed by atoms with Gasteiger partial charge in [-0.25, -0.2) is 4.98 Å². The lowest BCUT2D eigenvalue weighted by Crippen LogP contribution is -2.49. The van der Waals surface area contributed by atoms with E-state index >= 15 is 0 Å². The number of nitrogens with one attached hydrogen (secondary N) is 2. The van der Waals surface area contributed by atoms with Crippen LogP contribution in [0.2, 0.25) is 0 Å². The Bertz CT molecular complexity index is 1360. The molecule has 4 radical (unpaired) electrons. The van der Waals surface area contributed by atoms with E-state index in [2.05, 4.69) is 15.3 Å². The number of aromatic nitrogens is 3. The van der Waals surface area contributed by atoms with Gasteiger partial charge in [-0.1, -0.05) is 19.3 Å². The van der Waals surface area contributed by atoms with Crippen LogP contribution in [0.25, 0.3) is 5.57 Å². The van der Waals surface area contributed by atoms with Crippen molar-refractivity contribution in [2.24, 2.45) is 5.41 Å². The van der Waals surface area contributed by atoms with Gasteiger partial charge in [0.15, 0.2) is 5.82 Å². The number of rotatable bonds is 5. The highest BCUT2D eigenvalue weighted by atomic mass is 16.5. The maximum Gasteiger partial charge on any atom is 0.291 e. The molecule has 12 heteroatoms. The van der Waals surface area contributed by atoms with E-state index in [0.717, 1.165) is 0 Å². The lowest BCUT2D eigenvalue weighted by molar-refractivity contribution is -0.187. The third-order valence-electron chi connectivity index (χ3n) is 7.49. The summed E-state index contributed by atoms with van der Waals surface area (Å²) in [5.74, 6) is -0.889. The SMILES string of the molecule is [B]C1=C(c2nc(C3CC(C)(C)OC(C)(CO)C3)ccc2NC(=O)c2ncc(C#N)[nH]2)C([B])(O)CC(C)(C)C1O. The molecule has 0 aromatic carbocycles. The number of aromatic amines is 1. The van der Waals surface area contributed by atoms with Crippen LogP contribution in [0.5, 0.6) is 0 Å². The van der Waals surface area contributed by atoms with Crippen LogP contribution in [0.15, 0.2) is 23.8 Å². The van der Waals surface area contributed by atoms with Gasteiger partial charge in [-0.2, -0.15) is 5.26 Å². The molecule has 5 N–H and O–H groups in total. The highest BCUT2D eigenvalue weighted by Crippen LogP contribution is 2.48. The second kappa shape index (κ2) is 9.89. The normalized spacial score (nSPS) is 30.0. The minimum atomic E-state index is -1.97. The Balaban J connectivity index is 1.85. The highest BCUT2D eigenvalue weighted by Gasteiger charge is 2.47. The molecule has 10 nitrogen and oxygen atoms in total. The number of nitrogens with zero attached hydrogens (tertiary/aromatic N) is 3. The molecule has 0 saturated carbocycles. The number of nitriles is 1. The lowest BCUT2D eigenvalue weighted by atomic mass is 9.54. The number of H-pyrrole nitrogens is 1. The van der Waals surface area contributed by atoms with Crippen molar-refractivity contribution in [1.82, 2.24) is 15.0 Å². The van der Waals surface area contributed by atoms with Crippen molar-refractivity contribution in [3.8, 4) is 6.07 Å². The first-order valence-electron chi connectivity index (χ1n) is 12.8. The molecule has 2 aliphatic rings. The Morgan fingerprint density at radius 3 is 2.59 bits per heavy atom. The smallest absolute Gasteiger partial charge is 0.291 e. The Hall–Kier alpha value is -2.97. The third kappa shape index (κ3) is 5.68. The summed E-state index contributed by atoms with van der Waals surface area (Å²) in [6, 6.07) is 5.26. The van der Waals surface area contributed by atoms with Crippen LogP contribution >= 0.6 is 0 Å². The molecular weight excluding hydrogens is 496 g/mol. The second-order valence-electron chi connectivity index (χ2n) is 12.2. The average Bonchev–Trinajstić information content (AvgIpc) is 3.31. The second-order valence-corrected chi connectivity index (χ2v) is 12.2. The molecule has 0 spiro atoms. The molecule has 1 amide bonds. The minimum absolute atomic E-state index is 0.0138. The molecule has 1 aliphatic carbocycles. The summed E-state index contributed by atoms with van der Waals surface area (Å²) in [6.07, 6.45) is 1.16. The van der Waals surface area contributed by atoms with Crippen LogP contribution in [-0.4, -0.2) is 81.3 Å². The molecule has 4 unspecified atom stereocenters. The maximum absolute atomic E-state index is 13.0. The summed E-state index contributed by atoms with van der Waals surface area (Å²) >= 11 is 0. The van der Waals surface area contributed by atoms with E-state index in [1.807, 2.05) is 26.8 Å². The average molecular weight is 529 g/mol. The van der Waals surface area contributed by atoms with Gasteiger partial charge in [0.2, 0.25) is 0 Å². The van der Waals surface area contributed by atoms with Crippen LogP contribution in [0.1, 0.15) is 87.5 Å². The predicted octanol–water partition coefficient (Wildman–Crippen LogP) is 1.88. The number of hydrogen-bond acceptors (Lipinski definition) is 8. The molecule has 39 heavy (non-hydrogen) atoms. The van der Waals surface area contributed by atoms with E-state index < -0.39 is 34.1 Å². The van der Waals surface area contributed by atoms with E-state index in [4.69, 9.17) is 30.7 Å². The largest absolute Gasteiger partial charge is 0.395 e. The Morgan fingerprint density at radius 2 is 1.97 bits per heavy atom. The third-order valence-corrected chi connectivity index (χ3v) is 7.49. The number of ether oxygens (including phenoxy) is 1. The summed E-state index contributed by atoms with van der Waals surface area (Å²) in [6.45, 7) is 9.04. The summed E-state index contributed by atoms with van der Waals surface area (Å²) in [7, 11) is 12.8. The van der Waals surface area contributed by atoms with Gasteiger partial charge < -0.3 is 30.4 Å². The summed E-state index contributed by atoms with van der Waals surface area (Å²) in [5.41, 5.74) is -3.14. The van der Waals surface area contributed by atoms with Crippen LogP contribution in [0.3, 0.4) is 0 Å². The van der Waals surface area contributed by atoms with E-state index in [0.29, 0.717) is 18.5 Å². The Morgan fingerprint density at radius 1 is 1.28 bits per heavy atom.